The predicted molar refractivity (Wildman–Crippen MR) is 66.2 cm³/mol. The van der Waals surface area contributed by atoms with Crippen molar-refractivity contribution in [3.63, 3.8) is 0 Å². The molecule has 0 radical (unpaired) electrons. The molecule has 2 rings (SSSR count). The number of benzene rings is 1. The first kappa shape index (κ1) is 12.9. The molecule has 0 aliphatic carbocycles. The average Bonchev–Trinajstić information content (AvgIpc) is 2.27. The zero-order chi connectivity index (χ0) is 14.2. The van der Waals surface area contributed by atoms with Gasteiger partial charge in [-0.3, -0.25) is 9.36 Å². The number of carboxylic acid groups (broad SMARTS) is 1. The maximum absolute atomic E-state index is 13.2. The Labute approximate surface area is 108 Å². The second-order valence-corrected chi connectivity index (χ2v) is 4.05. The summed E-state index contributed by atoms with van der Waals surface area (Å²) in [5.41, 5.74) is -0.738. The molecule has 0 amide bonds. The zero-order valence-corrected chi connectivity index (χ0v) is 10.3. The van der Waals surface area contributed by atoms with E-state index in [0.29, 0.717) is 5.82 Å². The van der Waals surface area contributed by atoms with Crippen LogP contribution in [-0.4, -0.2) is 20.6 Å². The maximum atomic E-state index is 13.2. The lowest BCUT2D eigenvalue weighted by molar-refractivity contribution is 0.0693. The summed E-state index contributed by atoms with van der Waals surface area (Å²) in [7, 11) is 0. The van der Waals surface area contributed by atoms with Gasteiger partial charge in [-0.05, 0) is 32.0 Å². The van der Waals surface area contributed by atoms with E-state index < -0.39 is 22.9 Å². The predicted octanol–water partition coefficient (Wildman–Crippen LogP) is 1.69. The van der Waals surface area contributed by atoms with Crippen LogP contribution < -0.4 is 5.56 Å². The van der Waals surface area contributed by atoms with Gasteiger partial charge in [-0.1, -0.05) is 6.07 Å². The summed E-state index contributed by atoms with van der Waals surface area (Å²) >= 11 is 0. The van der Waals surface area contributed by atoms with Crippen molar-refractivity contribution in [2.45, 2.75) is 13.8 Å². The first-order valence-corrected chi connectivity index (χ1v) is 5.51. The van der Waals surface area contributed by atoms with Crippen molar-refractivity contribution >= 4 is 5.97 Å². The van der Waals surface area contributed by atoms with E-state index in [9.17, 15) is 14.0 Å². The Morgan fingerprint density at radius 1 is 1.37 bits per heavy atom. The highest BCUT2D eigenvalue weighted by Gasteiger charge is 2.18. The van der Waals surface area contributed by atoms with Crippen molar-refractivity contribution in [3.8, 4) is 5.69 Å². The molecule has 19 heavy (non-hydrogen) atoms. The second kappa shape index (κ2) is 4.64. The van der Waals surface area contributed by atoms with Gasteiger partial charge in [0.25, 0.3) is 5.56 Å². The number of carbonyl (C=O) groups is 1. The van der Waals surface area contributed by atoms with E-state index in [2.05, 4.69) is 4.98 Å². The minimum absolute atomic E-state index is 0.141. The van der Waals surface area contributed by atoms with Gasteiger partial charge in [0.1, 0.15) is 17.2 Å². The second-order valence-electron chi connectivity index (χ2n) is 4.05. The van der Waals surface area contributed by atoms with Crippen molar-refractivity contribution in [1.29, 1.82) is 0 Å². The molecule has 1 N–H and O–H groups in total. The van der Waals surface area contributed by atoms with Crippen LogP contribution >= 0.6 is 0 Å². The number of halogens is 1. The SMILES string of the molecule is Cc1nc(C)n(-c2cccc(F)c2)c(=O)c1C(=O)O. The molecule has 6 heteroatoms. The van der Waals surface area contributed by atoms with E-state index in [4.69, 9.17) is 5.11 Å². The highest BCUT2D eigenvalue weighted by molar-refractivity contribution is 5.88. The molecular formula is C13H11FN2O3. The highest BCUT2D eigenvalue weighted by Crippen LogP contribution is 2.11. The lowest BCUT2D eigenvalue weighted by Gasteiger charge is -2.11. The van der Waals surface area contributed by atoms with Crippen molar-refractivity contribution in [3.05, 3.63) is 57.5 Å². The Morgan fingerprint density at radius 2 is 2.05 bits per heavy atom. The first-order chi connectivity index (χ1) is 8.91. The van der Waals surface area contributed by atoms with Gasteiger partial charge in [-0.25, -0.2) is 14.2 Å². The first-order valence-electron chi connectivity index (χ1n) is 5.51. The van der Waals surface area contributed by atoms with Gasteiger partial charge in [0.2, 0.25) is 0 Å². The Kier molecular flexibility index (Phi) is 3.16. The fourth-order valence-electron chi connectivity index (χ4n) is 1.93. The topological polar surface area (TPSA) is 72.2 Å². The van der Waals surface area contributed by atoms with Crippen molar-refractivity contribution < 1.29 is 14.3 Å². The smallest absolute Gasteiger partial charge is 0.343 e. The monoisotopic (exact) mass is 262 g/mol. The standard InChI is InChI=1S/C13H11FN2O3/c1-7-11(13(18)19)12(17)16(8(2)15-7)10-5-3-4-9(14)6-10/h3-6H,1-2H3,(H,18,19). The number of aromatic carboxylic acids is 1. The van der Waals surface area contributed by atoms with E-state index in [1.165, 1.54) is 25.1 Å². The van der Waals surface area contributed by atoms with E-state index in [1.807, 2.05) is 0 Å². The Morgan fingerprint density at radius 3 is 2.63 bits per heavy atom. The normalized spacial score (nSPS) is 10.5. The van der Waals surface area contributed by atoms with Crippen LogP contribution in [0.2, 0.25) is 0 Å². The van der Waals surface area contributed by atoms with Crippen molar-refractivity contribution in [2.24, 2.45) is 0 Å². The van der Waals surface area contributed by atoms with E-state index in [0.717, 1.165) is 10.6 Å². The number of aromatic nitrogens is 2. The van der Waals surface area contributed by atoms with Crippen LogP contribution in [0.15, 0.2) is 29.1 Å². The van der Waals surface area contributed by atoms with E-state index >= 15 is 0 Å². The summed E-state index contributed by atoms with van der Waals surface area (Å²) < 4.78 is 14.3. The molecule has 0 unspecified atom stereocenters. The molecular weight excluding hydrogens is 251 g/mol. The molecule has 0 aliphatic rings. The molecule has 5 nitrogen and oxygen atoms in total. The number of hydrogen-bond acceptors (Lipinski definition) is 3. The summed E-state index contributed by atoms with van der Waals surface area (Å²) in [6.07, 6.45) is 0. The van der Waals surface area contributed by atoms with Gasteiger partial charge >= 0.3 is 5.97 Å². The van der Waals surface area contributed by atoms with Crippen LogP contribution in [-0.2, 0) is 0 Å². The third-order valence-corrected chi connectivity index (χ3v) is 2.71. The lowest BCUT2D eigenvalue weighted by atomic mass is 10.2. The third kappa shape index (κ3) is 2.24. The van der Waals surface area contributed by atoms with Crippen LogP contribution in [0.25, 0.3) is 5.69 Å². The van der Waals surface area contributed by atoms with Gasteiger partial charge in [0, 0.05) is 0 Å². The van der Waals surface area contributed by atoms with Gasteiger partial charge < -0.3 is 5.11 Å². The molecule has 1 aromatic heterocycles. The Bertz CT molecular complexity index is 722. The van der Waals surface area contributed by atoms with Crippen LogP contribution in [0, 0.1) is 19.7 Å². The average molecular weight is 262 g/mol. The molecule has 0 aliphatic heterocycles. The lowest BCUT2D eigenvalue weighted by Crippen LogP contribution is -2.29. The maximum Gasteiger partial charge on any atom is 0.343 e. The minimum atomic E-state index is -1.35. The van der Waals surface area contributed by atoms with Crippen molar-refractivity contribution in [2.75, 3.05) is 0 Å². The largest absolute Gasteiger partial charge is 0.477 e. The van der Waals surface area contributed by atoms with E-state index in [1.54, 1.807) is 6.92 Å². The van der Waals surface area contributed by atoms with Crippen molar-refractivity contribution in [1.82, 2.24) is 9.55 Å². The molecule has 0 bridgehead atoms. The Balaban J connectivity index is 2.81. The molecule has 0 spiro atoms. The summed E-state index contributed by atoms with van der Waals surface area (Å²) in [6.45, 7) is 3.01. The fourth-order valence-corrected chi connectivity index (χ4v) is 1.93. The van der Waals surface area contributed by atoms with Crippen LogP contribution in [0.3, 0.4) is 0 Å². The summed E-state index contributed by atoms with van der Waals surface area (Å²) in [4.78, 5) is 27.3. The molecule has 1 heterocycles. The summed E-state index contributed by atoms with van der Waals surface area (Å²) in [5, 5.41) is 9.04. The third-order valence-electron chi connectivity index (χ3n) is 2.71. The molecule has 0 atom stereocenters. The summed E-state index contributed by atoms with van der Waals surface area (Å²) in [5.74, 6) is -1.56. The van der Waals surface area contributed by atoms with E-state index in [-0.39, 0.29) is 11.4 Å². The molecule has 0 saturated heterocycles. The van der Waals surface area contributed by atoms with Gasteiger partial charge in [-0.2, -0.15) is 0 Å². The Hall–Kier alpha value is -2.50. The molecule has 0 fully saturated rings. The molecule has 0 saturated carbocycles. The van der Waals surface area contributed by atoms with Crippen LogP contribution in [0.1, 0.15) is 21.9 Å². The highest BCUT2D eigenvalue weighted by atomic mass is 19.1. The number of rotatable bonds is 2. The summed E-state index contributed by atoms with van der Waals surface area (Å²) in [6, 6.07) is 5.34. The van der Waals surface area contributed by atoms with Crippen LogP contribution in [0.5, 0.6) is 0 Å². The molecule has 1 aromatic carbocycles. The zero-order valence-electron chi connectivity index (χ0n) is 10.3. The van der Waals surface area contributed by atoms with Gasteiger partial charge in [0.15, 0.2) is 0 Å². The minimum Gasteiger partial charge on any atom is -0.477 e. The van der Waals surface area contributed by atoms with Gasteiger partial charge in [0.05, 0.1) is 11.4 Å². The number of aryl methyl sites for hydroxylation is 2. The number of hydrogen-bond donors (Lipinski definition) is 1. The fraction of sp³-hybridized carbons (Fsp3) is 0.154. The molecule has 98 valence electrons. The molecule has 2 aromatic rings. The number of nitrogens with zero attached hydrogens (tertiary/aromatic N) is 2. The number of carboxylic acids is 1. The van der Waals surface area contributed by atoms with Crippen LogP contribution in [0.4, 0.5) is 4.39 Å². The van der Waals surface area contributed by atoms with Gasteiger partial charge in [-0.15, -0.1) is 0 Å². The quantitative estimate of drug-likeness (QED) is 0.893.